The van der Waals surface area contributed by atoms with Crippen molar-refractivity contribution < 1.29 is 22.7 Å². The van der Waals surface area contributed by atoms with Crippen molar-refractivity contribution in [3.05, 3.63) is 58.6 Å². The number of carbonyl (C=O) groups excluding carboxylic acids is 1. The number of H-pyrrole nitrogens is 1. The summed E-state index contributed by atoms with van der Waals surface area (Å²) in [5, 5.41) is 2.61. The van der Waals surface area contributed by atoms with Crippen LogP contribution in [0.15, 0.2) is 47.5 Å². The van der Waals surface area contributed by atoms with E-state index in [9.17, 15) is 22.8 Å². The normalized spacial score (nSPS) is 14.8. The van der Waals surface area contributed by atoms with Gasteiger partial charge in [0, 0.05) is 36.9 Å². The van der Waals surface area contributed by atoms with E-state index in [0.717, 1.165) is 25.0 Å². The number of morpholine rings is 1. The molecule has 158 valence electrons. The Hall–Kier alpha value is -3.27. The van der Waals surface area contributed by atoms with E-state index >= 15 is 0 Å². The number of fused-ring (bicyclic) bond motifs is 1. The Morgan fingerprint density at radius 2 is 1.83 bits per heavy atom. The summed E-state index contributed by atoms with van der Waals surface area (Å²) in [7, 11) is 0. The first kappa shape index (κ1) is 20.0. The van der Waals surface area contributed by atoms with Crippen LogP contribution in [0.1, 0.15) is 10.4 Å². The zero-order valence-electron chi connectivity index (χ0n) is 15.8. The van der Waals surface area contributed by atoms with Gasteiger partial charge >= 0.3 is 6.18 Å². The molecule has 0 unspecified atom stereocenters. The number of nitrogens with one attached hydrogen (secondary N) is 2. The summed E-state index contributed by atoms with van der Waals surface area (Å²) in [5.41, 5.74) is 0.922. The molecule has 4 rings (SSSR count). The molecule has 0 atom stereocenters. The molecule has 0 radical (unpaired) electrons. The monoisotopic (exact) mass is 420 g/mol. The van der Waals surface area contributed by atoms with E-state index in [1.54, 1.807) is 12.1 Å². The zero-order chi connectivity index (χ0) is 21.3. The number of hydrogen-bond acceptors (Lipinski definition) is 4. The van der Waals surface area contributed by atoms with E-state index in [0.29, 0.717) is 29.0 Å². The number of halogens is 3. The van der Waals surface area contributed by atoms with Gasteiger partial charge in [-0.2, -0.15) is 13.2 Å². The third kappa shape index (κ3) is 4.18. The van der Waals surface area contributed by atoms with E-state index in [1.807, 2.05) is 12.1 Å². The van der Waals surface area contributed by atoms with Gasteiger partial charge in [0.2, 0.25) is 0 Å². The van der Waals surface area contributed by atoms with Gasteiger partial charge in [-0.25, -0.2) is 0 Å². The summed E-state index contributed by atoms with van der Waals surface area (Å²) in [6.07, 6.45) is -2.17. The van der Waals surface area contributed by atoms with Crippen molar-refractivity contribution in [1.82, 2.24) is 9.55 Å². The maximum Gasteiger partial charge on any atom is 0.406 e. The lowest BCUT2D eigenvalue weighted by atomic mass is 10.2. The number of carbonyl (C=O) groups is 1. The fourth-order valence-corrected chi connectivity index (χ4v) is 3.45. The number of amides is 1. The average molecular weight is 420 g/mol. The molecule has 30 heavy (non-hydrogen) atoms. The quantitative estimate of drug-likeness (QED) is 0.680. The van der Waals surface area contributed by atoms with E-state index in [-0.39, 0.29) is 10.9 Å². The largest absolute Gasteiger partial charge is 0.406 e. The van der Waals surface area contributed by atoms with Crippen molar-refractivity contribution in [3.8, 4) is 0 Å². The van der Waals surface area contributed by atoms with Crippen molar-refractivity contribution in [2.24, 2.45) is 0 Å². The molecule has 7 nitrogen and oxygen atoms in total. The second kappa shape index (κ2) is 7.86. The first-order valence-electron chi connectivity index (χ1n) is 9.33. The van der Waals surface area contributed by atoms with Crippen LogP contribution < -0.4 is 15.8 Å². The number of aromatic amines is 1. The molecule has 10 heteroatoms. The summed E-state index contributed by atoms with van der Waals surface area (Å²) >= 11 is 0. The number of alkyl halides is 3. The van der Waals surface area contributed by atoms with Crippen LogP contribution >= 0.6 is 0 Å². The Morgan fingerprint density at radius 1 is 1.13 bits per heavy atom. The summed E-state index contributed by atoms with van der Waals surface area (Å²) in [6, 6.07) is 8.55. The summed E-state index contributed by atoms with van der Waals surface area (Å²) in [6.45, 7) is 1.46. The van der Waals surface area contributed by atoms with Gasteiger partial charge in [-0.3, -0.25) is 9.59 Å². The second-order valence-electron chi connectivity index (χ2n) is 6.96. The Bertz CT molecular complexity index is 1110. The molecule has 3 aromatic rings. The molecule has 1 aliphatic rings. The smallest absolute Gasteiger partial charge is 0.378 e. The van der Waals surface area contributed by atoms with Crippen LogP contribution in [-0.4, -0.2) is 47.9 Å². The Kier molecular flexibility index (Phi) is 5.25. The molecular formula is C20H19F3N4O3. The number of aromatic nitrogens is 2. The molecule has 0 aliphatic carbocycles. The predicted octanol–water partition coefficient (Wildman–Crippen LogP) is 2.98. The standard InChI is InChI=1S/C20H19F3N4O3/c21-20(22,23)12-27-6-5-16-17(19(27)29)15(11-24-16)18(28)25-13-1-3-14(4-2-13)26-7-9-30-10-8-26/h1-6,11,24H,7-10,12H2,(H,25,28). The lowest BCUT2D eigenvalue weighted by Gasteiger charge is -2.28. The molecule has 1 aromatic carbocycles. The summed E-state index contributed by atoms with van der Waals surface area (Å²) in [5.74, 6) is -0.581. The topological polar surface area (TPSA) is 79.4 Å². The van der Waals surface area contributed by atoms with Crippen molar-refractivity contribution in [2.45, 2.75) is 12.7 Å². The van der Waals surface area contributed by atoms with Gasteiger partial charge in [-0.1, -0.05) is 0 Å². The first-order chi connectivity index (χ1) is 14.3. The summed E-state index contributed by atoms with van der Waals surface area (Å²) in [4.78, 5) is 30.1. The molecule has 0 bridgehead atoms. The Morgan fingerprint density at radius 3 is 2.50 bits per heavy atom. The van der Waals surface area contributed by atoms with E-state index < -0.39 is 24.2 Å². The van der Waals surface area contributed by atoms with Gasteiger partial charge in [0.1, 0.15) is 6.54 Å². The average Bonchev–Trinajstić information content (AvgIpc) is 3.15. The molecule has 1 saturated heterocycles. The minimum absolute atomic E-state index is 0.0104. The fourth-order valence-electron chi connectivity index (χ4n) is 3.45. The van der Waals surface area contributed by atoms with Gasteiger partial charge < -0.3 is 24.5 Å². The van der Waals surface area contributed by atoms with Crippen molar-refractivity contribution in [2.75, 3.05) is 36.5 Å². The zero-order valence-corrected chi connectivity index (χ0v) is 15.8. The maximum atomic E-state index is 12.7. The highest BCUT2D eigenvalue weighted by molar-refractivity contribution is 6.12. The first-order valence-corrected chi connectivity index (χ1v) is 9.33. The van der Waals surface area contributed by atoms with Crippen molar-refractivity contribution >= 4 is 28.2 Å². The molecule has 0 spiro atoms. The molecule has 2 aromatic heterocycles. The minimum atomic E-state index is -4.54. The van der Waals surface area contributed by atoms with Crippen molar-refractivity contribution in [1.29, 1.82) is 0 Å². The summed E-state index contributed by atoms with van der Waals surface area (Å²) < 4.78 is 44.0. The lowest BCUT2D eigenvalue weighted by Crippen LogP contribution is -2.36. The molecule has 1 aliphatic heterocycles. The molecule has 0 saturated carbocycles. The Balaban J connectivity index is 1.56. The van der Waals surface area contributed by atoms with Gasteiger partial charge in [0.25, 0.3) is 11.5 Å². The van der Waals surface area contributed by atoms with Gasteiger partial charge in [-0.15, -0.1) is 0 Å². The number of ether oxygens (including phenoxy) is 1. The highest BCUT2D eigenvalue weighted by atomic mass is 19.4. The van der Waals surface area contributed by atoms with Gasteiger partial charge in [0.05, 0.1) is 29.7 Å². The highest BCUT2D eigenvalue weighted by Crippen LogP contribution is 2.22. The Labute approximate surface area is 169 Å². The molecule has 3 heterocycles. The van der Waals surface area contributed by atoms with Crippen LogP contribution in [0.3, 0.4) is 0 Å². The van der Waals surface area contributed by atoms with Crippen LogP contribution in [0.5, 0.6) is 0 Å². The molecule has 1 amide bonds. The number of hydrogen-bond donors (Lipinski definition) is 2. The van der Waals surface area contributed by atoms with Crippen LogP contribution in [0.25, 0.3) is 10.9 Å². The van der Waals surface area contributed by atoms with Crippen LogP contribution in [0.4, 0.5) is 24.5 Å². The third-order valence-electron chi connectivity index (χ3n) is 4.90. The molecule has 2 N–H and O–H groups in total. The minimum Gasteiger partial charge on any atom is -0.378 e. The van der Waals surface area contributed by atoms with Crippen molar-refractivity contribution in [3.63, 3.8) is 0 Å². The van der Waals surface area contributed by atoms with Crippen LogP contribution in [0, 0.1) is 0 Å². The van der Waals surface area contributed by atoms with E-state index in [2.05, 4.69) is 15.2 Å². The second-order valence-corrected chi connectivity index (χ2v) is 6.96. The van der Waals surface area contributed by atoms with E-state index in [1.165, 1.54) is 12.3 Å². The van der Waals surface area contributed by atoms with Gasteiger partial charge in [0.15, 0.2) is 0 Å². The third-order valence-corrected chi connectivity index (χ3v) is 4.90. The molecule has 1 fully saturated rings. The fraction of sp³-hybridized carbons (Fsp3) is 0.300. The van der Waals surface area contributed by atoms with Crippen LogP contribution in [0.2, 0.25) is 0 Å². The predicted molar refractivity (Wildman–Crippen MR) is 106 cm³/mol. The maximum absolute atomic E-state index is 12.7. The van der Waals surface area contributed by atoms with Crippen LogP contribution in [-0.2, 0) is 11.3 Å². The number of nitrogens with zero attached hydrogens (tertiary/aromatic N) is 2. The number of pyridine rings is 1. The highest BCUT2D eigenvalue weighted by Gasteiger charge is 2.29. The van der Waals surface area contributed by atoms with Gasteiger partial charge in [-0.05, 0) is 30.3 Å². The lowest BCUT2D eigenvalue weighted by molar-refractivity contribution is -0.141. The number of anilines is 2. The van der Waals surface area contributed by atoms with E-state index in [4.69, 9.17) is 4.74 Å². The number of rotatable bonds is 4. The number of benzene rings is 1. The molecular weight excluding hydrogens is 401 g/mol. The SMILES string of the molecule is O=C(Nc1ccc(N2CCOCC2)cc1)c1c[nH]c2ccn(CC(F)(F)F)c(=O)c12.